The number of aromatic nitrogens is 2. The Balaban J connectivity index is 2.11. The number of thioether (sulfide) groups is 1. The van der Waals surface area contributed by atoms with Crippen molar-refractivity contribution in [3.63, 3.8) is 0 Å². The number of hydrogen-bond acceptors (Lipinski definition) is 4. The van der Waals surface area contributed by atoms with E-state index in [0.29, 0.717) is 11.1 Å². The molecule has 1 aromatic heterocycles. The number of hydrogen-bond donors (Lipinski definition) is 0. The van der Waals surface area contributed by atoms with Crippen LogP contribution in [0.25, 0.3) is 11.5 Å². The molecular formula is C11H9BrN2OS. The first-order valence-corrected chi connectivity index (χ1v) is 6.38. The maximum atomic E-state index is 5.50. The van der Waals surface area contributed by atoms with Crippen LogP contribution in [-0.4, -0.2) is 16.0 Å². The zero-order valence-corrected chi connectivity index (χ0v) is 10.8. The number of benzene rings is 1. The Morgan fingerprint density at radius 2 is 2.06 bits per heavy atom. The maximum Gasteiger partial charge on any atom is 0.277 e. The van der Waals surface area contributed by atoms with Gasteiger partial charge in [0.25, 0.3) is 5.22 Å². The molecule has 3 nitrogen and oxygen atoms in total. The van der Waals surface area contributed by atoms with Crippen molar-refractivity contribution in [2.24, 2.45) is 0 Å². The molecule has 0 radical (unpaired) electrons. The summed E-state index contributed by atoms with van der Waals surface area (Å²) < 4.78 is 6.40. The minimum atomic E-state index is 0.545. The third-order valence-corrected chi connectivity index (χ3v) is 3.34. The van der Waals surface area contributed by atoms with E-state index in [0.717, 1.165) is 15.8 Å². The lowest BCUT2D eigenvalue weighted by Crippen LogP contribution is -1.76. The smallest absolute Gasteiger partial charge is 0.277 e. The van der Waals surface area contributed by atoms with Crippen molar-refractivity contribution < 1.29 is 4.42 Å². The monoisotopic (exact) mass is 296 g/mol. The van der Waals surface area contributed by atoms with E-state index in [-0.39, 0.29) is 0 Å². The highest BCUT2D eigenvalue weighted by Gasteiger charge is 2.08. The minimum Gasteiger partial charge on any atom is -0.411 e. The maximum absolute atomic E-state index is 5.50. The van der Waals surface area contributed by atoms with Gasteiger partial charge in [-0.1, -0.05) is 52.5 Å². The van der Waals surface area contributed by atoms with Crippen LogP contribution in [0, 0.1) is 0 Å². The summed E-state index contributed by atoms with van der Waals surface area (Å²) in [5.74, 6) is 1.26. The summed E-state index contributed by atoms with van der Waals surface area (Å²) in [7, 11) is 0. The molecule has 0 bridgehead atoms. The molecule has 0 spiro atoms. The van der Waals surface area contributed by atoms with E-state index in [2.05, 4.69) is 32.7 Å². The van der Waals surface area contributed by atoms with Crippen LogP contribution in [-0.2, 0) is 0 Å². The average molecular weight is 297 g/mol. The molecule has 0 aliphatic carbocycles. The zero-order chi connectivity index (χ0) is 11.4. The lowest BCUT2D eigenvalue weighted by atomic mass is 10.2. The summed E-state index contributed by atoms with van der Waals surface area (Å²) >= 11 is 4.74. The molecule has 0 aliphatic rings. The largest absolute Gasteiger partial charge is 0.411 e. The normalized spacial score (nSPS) is 10.3. The third-order valence-electron chi connectivity index (χ3n) is 1.78. The Morgan fingerprint density at radius 3 is 2.75 bits per heavy atom. The second kappa shape index (κ2) is 5.32. The summed E-state index contributed by atoms with van der Waals surface area (Å²) in [4.78, 5) is 0. The Hall–Kier alpha value is -1.07. The van der Waals surface area contributed by atoms with Gasteiger partial charge in [-0.25, -0.2) is 0 Å². The van der Waals surface area contributed by atoms with E-state index in [1.807, 2.05) is 30.3 Å². The fourth-order valence-electron chi connectivity index (χ4n) is 1.11. The van der Waals surface area contributed by atoms with Crippen molar-refractivity contribution in [3.05, 3.63) is 41.4 Å². The van der Waals surface area contributed by atoms with E-state index in [1.54, 1.807) is 0 Å². The number of rotatable bonds is 4. The van der Waals surface area contributed by atoms with Crippen LogP contribution < -0.4 is 0 Å². The Morgan fingerprint density at radius 1 is 1.31 bits per heavy atom. The molecule has 1 heterocycles. The van der Waals surface area contributed by atoms with Gasteiger partial charge in [0, 0.05) is 11.3 Å². The molecule has 0 atom stereocenters. The van der Waals surface area contributed by atoms with E-state index < -0.39 is 0 Å². The second-order valence-corrected chi connectivity index (χ2v) is 5.09. The molecule has 0 unspecified atom stereocenters. The molecule has 82 valence electrons. The second-order valence-electron chi connectivity index (χ2n) is 3.05. The molecule has 0 amide bonds. The van der Waals surface area contributed by atoms with Crippen LogP contribution in [0.2, 0.25) is 0 Å². The molecule has 0 aliphatic heterocycles. The van der Waals surface area contributed by atoms with Gasteiger partial charge in [0.15, 0.2) is 0 Å². The van der Waals surface area contributed by atoms with E-state index in [4.69, 9.17) is 4.42 Å². The van der Waals surface area contributed by atoms with E-state index >= 15 is 0 Å². The summed E-state index contributed by atoms with van der Waals surface area (Å²) in [5, 5.41) is 8.49. The summed E-state index contributed by atoms with van der Waals surface area (Å²) in [5.41, 5.74) is 0.930. The molecule has 2 aromatic rings. The molecule has 5 heteroatoms. The van der Waals surface area contributed by atoms with Gasteiger partial charge >= 0.3 is 0 Å². The van der Waals surface area contributed by atoms with E-state index in [9.17, 15) is 0 Å². The highest BCUT2D eigenvalue weighted by atomic mass is 79.9. The first kappa shape index (κ1) is 11.4. The molecule has 0 saturated heterocycles. The van der Waals surface area contributed by atoms with Crippen molar-refractivity contribution in [2.45, 2.75) is 5.22 Å². The first-order chi connectivity index (χ1) is 7.75. The molecular weight excluding hydrogens is 288 g/mol. The van der Waals surface area contributed by atoms with Gasteiger partial charge in [0.2, 0.25) is 5.89 Å². The predicted molar refractivity (Wildman–Crippen MR) is 68.5 cm³/mol. The first-order valence-electron chi connectivity index (χ1n) is 4.61. The quantitative estimate of drug-likeness (QED) is 0.806. The topological polar surface area (TPSA) is 38.9 Å². The summed E-state index contributed by atoms with van der Waals surface area (Å²) in [6.07, 6.45) is 0. The third kappa shape index (κ3) is 2.96. The highest BCUT2D eigenvalue weighted by Crippen LogP contribution is 2.24. The summed E-state index contributed by atoms with van der Waals surface area (Å²) in [6.45, 7) is 3.74. The van der Waals surface area contributed by atoms with Crippen molar-refractivity contribution in [2.75, 3.05) is 5.75 Å². The predicted octanol–water partition coefficient (Wildman–Crippen LogP) is 3.74. The molecule has 0 saturated carbocycles. The Labute approximate surface area is 106 Å². The van der Waals surface area contributed by atoms with Gasteiger partial charge < -0.3 is 4.42 Å². The SMILES string of the molecule is C=C(Br)CSc1nnc(-c2ccccc2)o1. The number of halogens is 1. The van der Waals surface area contributed by atoms with Gasteiger partial charge in [-0.15, -0.1) is 10.2 Å². The van der Waals surface area contributed by atoms with Crippen LogP contribution in [0.1, 0.15) is 0 Å². The summed E-state index contributed by atoms with van der Waals surface area (Å²) in [6, 6.07) is 9.69. The minimum absolute atomic E-state index is 0.545. The van der Waals surface area contributed by atoms with Crippen LogP contribution in [0.5, 0.6) is 0 Å². The molecule has 2 rings (SSSR count). The lowest BCUT2D eigenvalue weighted by Gasteiger charge is -1.93. The van der Waals surface area contributed by atoms with Crippen LogP contribution in [0.15, 0.2) is 51.0 Å². The Bertz CT molecular complexity index is 484. The van der Waals surface area contributed by atoms with Gasteiger partial charge in [-0.2, -0.15) is 0 Å². The lowest BCUT2D eigenvalue weighted by molar-refractivity contribution is 0.466. The average Bonchev–Trinajstić information content (AvgIpc) is 2.76. The van der Waals surface area contributed by atoms with Crippen LogP contribution >= 0.6 is 27.7 Å². The van der Waals surface area contributed by atoms with Crippen molar-refractivity contribution in [1.29, 1.82) is 0 Å². The van der Waals surface area contributed by atoms with Crippen LogP contribution in [0.3, 0.4) is 0 Å². The molecule has 16 heavy (non-hydrogen) atoms. The van der Waals surface area contributed by atoms with Crippen molar-refractivity contribution in [3.8, 4) is 11.5 Å². The number of nitrogens with zero attached hydrogens (tertiary/aromatic N) is 2. The van der Waals surface area contributed by atoms with E-state index in [1.165, 1.54) is 11.8 Å². The Kier molecular flexibility index (Phi) is 3.79. The van der Waals surface area contributed by atoms with Gasteiger partial charge in [0.1, 0.15) is 0 Å². The standard InChI is InChI=1S/C11H9BrN2OS/c1-8(12)7-16-11-14-13-10(15-11)9-5-3-2-4-6-9/h2-6H,1,7H2. The fraction of sp³-hybridized carbons (Fsp3) is 0.0909. The fourth-order valence-corrected chi connectivity index (χ4v) is 1.97. The van der Waals surface area contributed by atoms with Gasteiger partial charge in [-0.3, -0.25) is 0 Å². The van der Waals surface area contributed by atoms with Gasteiger partial charge in [-0.05, 0) is 16.6 Å². The van der Waals surface area contributed by atoms with Crippen molar-refractivity contribution in [1.82, 2.24) is 10.2 Å². The van der Waals surface area contributed by atoms with Crippen molar-refractivity contribution >= 4 is 27.7 Å². The molecule has 1 aromatic carbocycles. The van der Waals surface area contributed by atoms with Gasteiger partial charge in [0.05, 0.1) is 0 Å². The zero-order valence-electron chi connectivity index (χ0n) is 8.39. The molecule has 0 fully saturated rings. The van der Waals surface area contributed by atoms with Crippen LogP contribution in [0.4, 0.5) is 0 Å². The molecule has 0 N–H and O–H groups in total. The highest BCUT2D eigenvalue weighted by molar-refractivity contribution is 9.11.